The van der Waals surface area contributed by atoms with Crippen LogP contribution in [0.25, 0.3) is 0 Å². The van der Waals surface area contributed by atoms with E-state index in [9.17, 15) is 87.6 Å². The minimum absolute atomic E-state index is 0.694. The molecule has 0 saturated carbocycles. The number of aliphatic hydroxyl groups excluding tert-OH is 6. The molecule has 4 heterocycles. The van der Waals surface area contributed by atoms with E-state index in [-0.39, 0.29) is 0 Å². The van der Waals surface area contributed by atoms with Gasteiger partial charge in [-0.2, -0.15) is 33.7 Å². The monoisotopic (exact) mass is 1040 g/mol. The Morgan fingerprint density at radius 3 is 1.45 bits per heavy atom. The third-order valence-electron chi connectivity index (χ3n) is 9.49. The highest BCUT2D eigenvalue weighted by atomic mass is 32.3. The lowest BCUT2D eigenvalue weighted by Crippen LogP contribution is -2.70. The van der Waals surface area contributed by atoms with Gasteiger partial charge in [-0.15, -0.1) is 0 Å². The van der Waals surface area contributed by atoms with E-state index in [1.165, 1.54) is 0 Å². The highest BCUT2D eigenvalue weighted by Gasteiger charge is 2.59. The Labute approximate surface area is 365 Å². The van der Waals surface area contributed by atoms with Crippen molar-refractivity contribution in [2.45, 2.75) is 123 Å². The number of esters is 2. The maximum absolute atomic E-state index is 13.2. The number of aliphatic hydroxyl groups is 6. The normalized spacial score (nSPS) is 41.1. The zero-order valence-corrected chi connectivity index (χ0v) is 35.9. The maximum atomic E-state index is 13.2. The quantitative estimate of drug-likeness (QED) is 0.0448. The number of carbonyl (C=O) groups excluding carboxylic acids is 2. The van der Waals surface area contributed by atoms with Gasteiger partial charge in [0, 0.05) is 0 Å². The highest BCUT2D eigenvalue weighted by molar-refractivity contribution is 7.81. The Hall–Kier alpha value is -2.18. The second-order valence-corrected chi connectivity index (χ2v) is 18.1. The second kappa shape index (κ2) is 21.6. The fraction of sp³-hybridized carbons (Fsp3) is 0.923. The molecule has 14 N–H and O–H groups in total. The Kier molecular flexibility index (Phi) is 18.4. The van der Waals surface area contributed by atoms with Crippen molar-refractivity contribution >= 4 is 53.5 Å². The summed E-state index contributed by atoms with van der Waals surface area (Å²) in [6, 6.07) is -4.18. The Bertz CT molecular complexity index is 2100. The molecule has 0 aliphatic carbocycles. The molecule has 380 valence electrons. The van der Waals surface area contributed by atoms with Crippen LogP contribution in [0.15, 0.2) is 0 Å². The molecule has 0 amide bonds. The topological polar surface area (TPSA) is 545 Å². The predicted molar refractivity (Wildman–Crippen MR) is 189 cm³/mol. The van der Waals surface area contributed by atoms with E-state index in [4.69, 9.17) is 49.2 Å². The first kappa shape index (κ1) is 55.4. The van der Waals surface area contributed by atoms with Crippen LogP contribution in [0.1, 0.15) is 0 Å². The van der Waals surface area contributed by atoms with Gasteiger partial charge in [0.2, 0.25) is 0 Å². The molecule has 4 aliphatic rings. The molecule has 0 aromatic rings. The second-order valence-electron chi connectivity index (χ2n) is 13.8. The van der Waals surface area contributed by atoms with Gasteiger partial charge in [-0.3, -0.25) is 18.2 Å². The van der Waals surface area contributed by atoms with Crippen LogP contribution in [0.3, 0.4) is 0 Å². The van der Waals surface area contributed by atoms with Crippen molar-refractivity contribution in [2.75, 3.05) is 27.4 Å². The summed E-state index contributed by atoms with van der Waals surface area (Å²) in [6.07, 6.45) is -42.9. The first-order valence-electron chi connectivity index (χ1n) is 17.7. The van der Waals surface area contributed by atoms with E-state index in [1.54, 1.807) is 0 Å². The molecule has 0 unspecified atom stereocenters. The van der Waals surface area contributed by atoms with Gasteiger partial charge in [0.1, 0.15) is 67.1 Å². The van der Waals surface area contributed by atoms with Crippen LogP contribution in [0.2, 0.25) is 0 Å². The van der Waals surface area contributed by atoms with Crippen LogP contribution in [0, 0.1) is 0 Å². The average molecular weight is 1040 g/mol. The summed E-state index contributed by atoms with van der Waals surface area (Å²) in [4.78, 5) is 25.5. The van der Waals surface area contributed by atoms with Crippen LogP contribution in [0.4, 0.5) is 0 Å². The van der Waals surface area contributed by atoms with Crippen LogP contribution in [-0.2, 0) is 111 Å². The summed E-state index contributed by atoms with van der Waals surface area (Å²) in [7, 11) is -20.8. The maximum Gasteiger partial charge on any atom is 0.397 e. The van der Waals surface area contributed by atoms with Crippen molar-refractivity contribution in [2.24, 2.45) is 11.5 Å². The van der Waals surface area contributed by atoms with E-state index in [1.807, 2.05) is 0 Å². The number of rotatable bonds is 18. The Morgan fingerprint density at radius 2 is 0.938 bits per heavy atom. The highest BCUT2D eigenvalue weighted by Crippen LogP contribution is 2.36. The lowest BCUT2D eigenvalue weighted by atomic mass is 9.94. The molecule has 39 heteroatoms. The molecule has 0 bridgehead atoms. The van der Waals surface area contributed by atoms with Crippen LogP contribution < -0.4 is 11.5 Å². The molecule has 0 radical (unpaired) electrons. The van der Waals surface area contributed by atoms with Crippen molar-refractivity contribution in [3.63, 3.8) is 0 Å². The van der Waals surface area contributed by atoms with Gasteiger partial charge in [0.05, 0.1) is 39.5 Å². The lowest BCUT2D eigenvalue weighted by molar-refractivity contribution is -0.366. The fourth-order valence-electron chi connectivity index (χ4n) is 6.54. The predicted octanol–water partition coefficient (Wildman–Crippen LogP) is -10.1. The van der Waals surface area contributed by atoms with Gasteiger partial charge in [-0.25, -0.2) is 26.3 Å². The van der Waals surface area contributed by atoms with Crippen molar-refractivity contribution < 1.29 is 151 Å². The summed E-state index contributed by atoms with van der Waals surface area (Å²) in [5, 5.41) is 63.9. The minimum atomic E-state index is -5.79. The fourth-order valence-corrected chi connectivity index (χ4v) is 8.16. The summed E-state index contributed by atoms with van der Waals surface area (Å²) in [6.45, 7) is -2.83. The number of ether oxygens (including phenoxy) is 9. The average Bonchev–Trinajstić information content (AvgIpc) is 3.19. The van der Waals surface area contributed by atoms with E-state index >= 15 is 0 Å². The largest absolute Gasteiger partial charge is 0.467 e. The third kappa shape index (κ3) is 14.4. The zero-order valence-electron chi connectivity index (χ0n) is 32.6. The standard InChI is InChI=1S/C26H44N2O33S4/c1-49-22(35)18-11(31)10(30)12(32)25(58-18)56-15-6(4-52-63(40,41)42)54-24(8(28)16(15)60-64(43,44)45)57-17-13(33)19(61-65(46,47)48)26(59-20(17)23(36)50-2)55-14-5(3-51-62(37,38)39)53-21(34)7(27)9(14)29/h5-21,24-26,29-34H,3-4,27-28H2,1-2H3,(H,37,38,39)(H,40,41,42)(H,43,44,45)(H,46,47,48)/t5-,6-,7-,8-,9-,10+,11+,12-,13+,14-,15-,16-,17+,18+,19-,20-,21-,24-,25-,26-/m1/s1. The molecule has 20 atom stereocenters. The number of carbonyl (C=O) groups is 2. The van der Waals surface area contributed by atoms with Crippen LogP contribution >= 0.6 is 0 Å². The number of methoxy groups -OCH3 is 2. The number of nitrogens with two attached hydrogens (primary N) is 2. The zero-order chi connectivity index (χ0) is 49.3. The van der Waals surface area contributed by atoms with Crippen molar-refractivity contribution in [1.29, 1.82) is 0 Å². The molecule has 0 aromatic carbocycles. The summed E-state index contributed by atoms with van der Waals surface area (Å²) >= 11 is 0. The first-order chi connectivity index (χ1) is 29.8. The third-order valence-corrected chi connectivity index (χ3v) is 11.3. The number of hydrogen-bond donors (Lipinski definition) is 12. The molecule has 35 nitrogen and oxygen atoms in total. The molecule has 4 fully saturated rings. The molecular formula is C26H44N2O33S4. The number of hydrogen-bond acceptors (Lipinski definition) is 31. The van der Waals surface area contributed by atoms with E-state index in [2.05, 4.69) is 26.2 Å². The van der Waals surface area contributed by atoms with Crippen LogP contribution in [0.5, 0.6) is 0 Å². The van der Waals surface area contributed by atoms with Gasteiger partial charge >= 0.3 is 53.5 Å². The molecule has 4 saturated heterocycles. The van der Waals surface area contributed by atoms with E-state index < -0.39 is 189 Å². The first-order valence-corrected chi connectivity index (χ1v) is 23.1. The van der Waals surface area contributed by atoms with Crippen molar-refractivity contribution in [3.05, 3.63) is 0 Å². The van der Waals surface area contributed by atoms with E-state index in [0.717, 1.165) is 7.11 Å². The Morgan fingerprint density at radius 1 is 0.477 bits per heavy atom. The molecular weight excluding hydrogens is 997 g/mol. The van der Waals surface area contributed by atoms with Crippen LogP contribution in [-0.4, -0.2) is 245 Å². The molecule has 0 spiro atoms. The smallest absolute Gasteiger partial charge is 0.397 e. The van der Waals surface area contributed by atoms with Crippen molar-refractivity contribution in [1.82, 2.24) is 0 Å². The summed E-state index contributed by atoms with van der Waals surface area (Å²) in [5.41, 5.74) is 11.9. The molecule has 0 aromatic heterocycles. The lowest BCUT2D eigenvalue weighted by Gasteiger charge is -2.49. The SMILES string of the molecule is COC(=O)[C@H]1O[C@@H](O[C@H]2[C@H](OS(=O)(=O)O)[C@@H](N)[C@@H](O[C@H]3[C@H](O)[C@@H](OS(=O)(=O)O)[C@H](O[C@H]4[C@H](O)[C@@H](N)[C@H](O)O[C@@H]4COS(=O)(=O)O)O[C@H]3C(=O)OC)O[C@@H]2COS(=O)(=O)O)[C@H](O)[C@@H](O)[C@@H]1O. The summed E-state index contributed by atoms with van der Waals surface area (Å²) in [5.74, 6) is -2.98. The Balaban J connectivity index is 1.76. The van der Waals surface area contributed by atoms with E-state index in [0.29, 0.717) is 7.11 Å². The minimum Gasteiger partial charge on any atom is -0.467 e. The van der Waals surface area contributed by atoms with Gasteiger partial charge in [-0.05, 0) is 0 Å². The molecule has 65 heavy (non-hydrogen) atoms. The van der Waals surface area contributed by atoms with Gasteiger partial charge < -0.3 is 84.7 Å². The van der Waals surface area contributed by atoms with Crippen molar-refractivity contribution in [3.8, 4) is 0 Å². The van der Waals surface area contributed by atoms with Gasteiger partial charge in [0.15, 0.2) is 43.5 Å². The van der Waals surface area contributed by atoms with Gasteiger partial charge in [0.25, 0.3) is 0 Å². The summed E-state index contributed by atoms with van der Waals surface area (Å²) < 4.78 is 197. The molecule has 4 aliphatic heterocycles. The van der Waals surface area contributed by atoms with Gasteiger partial charge in [-0.1, -0.05) is 0 Å². The molecule has 4 rings (SSSR count).